The van der Waals surface area contributed by atoms with E-state index in [0.29, 0.717) is 6.04 Å². The minimum atomic E-state index is 0.475. The summed E-state index contributed by atoms with van der Waals surface area (Å²) in [4.78, 5) is 3.13. The summed E-state index contributed by atoms with van der Waals surface area (Å²) in [5.74, 6) is 2.68. The molecular weight excluding hydrogens is 226 g/mol. The van der Waals surface area contributed by atoms with E-state index >= 15 is 0 Å². The van der Waals surface area contributed by atoms with Crippen LogP contribution in [0.1, 0.15) is 54.0 Å². The smallest absolute Gasteiger partial charge is 0.0386 e. The first-order valence-electron chi connectivity index (χ1n) is 6.59. The molecule has 1 aromatic heterocycles. The summed E-state index contributed by atoms with van der Waals surface area (Å²) < 4.78 is 0. The van der Waals surface area contributed by atoms with Crippen molar-refractivity contribution in [1.29, 1.82) is 0 Å². The van der Waals surface area contributed by atoms with Crippen LogP contribution in [-0.2, 0) is 12.8 Å². The van der Waals surface area contributed by atoms with Gasteiger partial charge in [-0.05, 0) is 57.2 Å². The van der Waals surface area contributed by atoms with E-state index in [1.807, 2.05) is 11.3 Å². The summed E-state index contributed by atoms with van der Waals surface area (Å²) in [7, 11) is 0. The van der Waals surface area contributed by atoms with Crippen molar-refractivity contribution in [3.8, 4) is 12.3 Å². The highest BCUT2D eigenvalue weighted by Gasteiger charge is 2.15. The van der Waals surface area contributed by atoms with Gasteiger partial charge in [-0.1, -0.05) is 0 Å². The molecule has 0 saturated carbocycles. The molecule has 0 aromatic carbocycles. The Balaban J connectivity index is 1.88. The fraction of sp³-hybridized carbons (Fsp3) is 0.600. The number of hydrogen-bond donors (Lipinski definition) is 1. The molecule has 0 spiro atoms. The minimum Gasteiger partial charge on any atom is -0.309 e. The molecule has 0 bridgehead atoms. The predicted molar refractivity (Wildman–Crippen MR) is 75.4 cm³/mol. The van der Waals surface area contributed by atoms with Crippen LogP contribution < -0.4 is 5.32 Å². The molecule has 17 heavy (non-hydrogen) atoms. The van der Waals surface area contributed by atoms with Gasteiger partial charge in [0, 0.05) is 22.2 Å². The Labute approximate surface area is 109 Å². The Hall–Kier alpha value is -0.780. The molecule has 0 saturated heterocycles. The quantitative estimate of drug-likeness (QED) is 0.618. The van der Waals surface area contributed by atoms with Gasteiger partial charge < -0.3 is 5.32 Å². The number of nitrogens with one attached hydrogen (secondary N) is 1. The molecule has 1 unspecified atom stereocenters. The first-order chi connectivity index (χ1) is 8.31. The molecule has 0 aliphatic heterocycles. The summed E-state index contributed by atoms with van der Waals surface area (Å²) >= 11 is 2.00. The maximum Gasteiger partial charge on any atom is 0.0386 e. The second-order valence-electron chi connectivity index (χ2n) is 4.79. The highest BCUT2D eigenvalue weighted by atomic mass is 32.1. The minimum absolute atomic E-state index is 0.475. The van der Waals surface area contributed by atoms with Crippen LogP contribution in [0.25, 0.3) is 0 Å². The lowest BCUT2D eigenvalue weighted by molar-refractivity contribution is 0.569. The van der Waals surface area contributed by atoms with Crippen LogP contribution in [0.5, 0.6) is 0 Å². The van der Waals surface area contributed by atoms with E-state index < -0.39 is 0 Å². The van der Waals surface area contributed by atoms with Gasteiger partial charge in [0.15, 0.2) is 0 Å². The number of aryl methyl sites for hydroxylation is 2. The average molecular weight is 247 g/mol. The van der Waals surface area contributed by atoms with Gasteiger partial charge in [-0.15, -0.1) is 23.7 Å². The van der Waals surface area contributed by atoms with Gasteiger partial charge in [-0.2, -0.15) is 0 Å². The van der Waals surface area contributed by atoms with Crippen LogP contribution >= 0.6 is 11.3 Å². The Morgan fingerprint density at radius 1 is 1.47 bits per heavy atom. The summed E-state index contributed by atoms with van der Waals surface area (Å²) in [5.41, 5.74) is 1.61. The van der Waals surface area contributed by atoms with E-state index in [0.717, 1.165) is 19.4 Å². The predicted octanol–water partition coefficient (Wildman–Crippen LogP) is 3.69. The van der Waals surface area contributed by atoms with Gasteiger partial charge >= 0.3 is 0 Å². The molecule has 1 aliphatic rings. The van der Waals surface area contributed by atoms with Crippen molar-refractivity contribution in [2.45, 2.75) is 51.5 Å². The fourth-order valence-corrected chi connectivity index (χ4v) is 3.62. The zero-order valence-corrected chi connectivity index (χ0v) is 11.4. The lowest BCUT2D eigenvalue weighted by Gasteiger charge is -2.10. The Morgan fingerprint density at radius 3 is 3.06 bits per heavy atom. The van der Waals surface area contributed by atoms with Crippen LogP contribution in [0.3, 0.4) is 0 Å². The average Bonchev–Trinajstić information content (AvgIpc) is 2.78. The first-order valence-corrected chi connectivity index (χ1v) is 7.41. The second kappa shape index (κ2) is 6.23. The molecule has 2 heteroatoms. The summed E-state index contributed by atoms with van der Waals surface area (Å²) in [6.07, 6.45) is 12.5. The molecular formula is C15H21NS. The van der Waals surface area contributed by atoms with Crippen LogP contribution in [0.4, 0.5) is 0 Å². The normalized spacial score (nSPS) is 16.2. The van der Waals surface area contributed by atoms with Gasteiger partial charge in [-0.25, -0.2) is 0 Å². The monoisotopic (exact) mass is 247 g/mol. The lowest BCUT2D eigenvalue weighted by atomic mass is 9.99. The maximum absolute atomic E-state index is 5.25. The third-order valence-corrected chi connectivity index (χ3v) is 4.81. The van der Waals surface area contributed by atoms with Crippen molar-refractivity contribution < 1.29 is 0 Å². The van der Waals surface area contributed by atoms with E-state index in [-0.39, 0.29) is 0 Å². The molecule has 2 rings (SSSR count). The van der Waals surface area contributed by atoms with Crippen molar-refractivity contribution in [2.24, 2.45) is 0 Å². The molecule has 1 atom stereocenters. The SMILES string of the molecule is C#CCCCNC(C)c1cc2c(s1)CCCC2. The molecule has 1 heterocycles. The summed E-state index contributed by atoms with van der Waals surface area (Å²) in [6.45, 7) is 3.28. The van der Waals surface area contributed by atoms with Crippen LogP contribution in [0.15, 0.2) is 6.07 Å². The number of rotatable bonds is 5. The summed E-state index contributed by atoms with van der Waals surface area (Å²) in [5, 5.41) is 3.56. The molecule has 1 N–H and O–H groups in total. The molecule has 0 amide bonds. The van der Waals surface area contributed by atoms with Crippen molar-refractivity contribution in [1.82, 2.24) is 5.32 Å². The van der Waals surface area contributed by atoms with Crippen molar-refractivity contribution >= 4 is 11.3 Å². The number of terminal acetylenes is 1. The van der Waals surface area contributed by atoms with Gasteiger partial charge in [0.1, 0.15) is 0 Å². The number of thiophene rings is 1. The number of fused-ring (bicyclic) bond motifs is 1. The Kier molecular flexibility index (Phi) is 4.65. The molecule has 1 nitrogen and oxygen atoms in total. The maximum atomic E-state index is 5.25. The van der Waals surface area contributed by atoms with Crippen molar-refractivity contribution in [3.05, 3.63) is 21.4 Å². The highest BCUT2D eigenvalue weighted by molar-refractivity contribution is 7.12. The molecule has 0 fully saturated rings. The third kappa shape index (κ3) is 3.34. The van der Waals surface area contributed by atoms with E-state index in [9.17, 15) is 0 Å². The summed E-state index contributed by atoms with van der Waals surface area (Å²) in [6, 6.07) is 2.89. The van der Waals surface area contributed by atoms with E-state index in [1.54, 1.807) is 10.4 Å². The van der Waals surface area contributed by atoms with Crippen molar-refractivity contribution in [2.75, 3.05) is 6.54 Å². The lowest BCUT2D eigenvalue weighted by Crippen LogP contribution is -2.18. The second-order valence-corrected chi connectivity index (χ2v) is 5.96. The Morgan fingerprint density at radius 2 is 2.29 bits per heavy atom. The zero-order valence-electron chi connectivity index (χ0n) is 10.6. The van der Waals surface area contributed by atoms with Gasteiger partial charge in [0.2, 0.25) is 0 Å². The molecule has 1 aliphatic carbocycles. The highest BCUT2D eigenvalue weighted by Crippen LogP contribution is 2.32. The molecule has 0 radical (unpaired) electrons. The van der Waals surface area contributed by atoms with Crippen LogP contribution in [-0.4, -0.2) is 6.54 Å². The number of unbranched alkanes of at least 4 members (excludes halogenated alkanes) is 1. The molecule has 92 valence electrons. The largest absolute Gasteiger partial charge is 0.309 e. The van der Waals surface area contributed by atoms with Crippen LogP contribution in [0, 0.1) is 12.3 Å². The van der Waals surface area contributed by atoms with E-state index in [1.165, 1.54) is 30.6 Å². The Bertz CT molecular complexity index is 376. The van der Waals surface area contributed by atoms with Gasteiger partial charge in [0.05, 0.1) is 0 Å². The topological polar surface area (TPSA) is 12.0 Å². The van der Waals surface area contributed by atoms with Crippen LogP contribution in [0.2, 0.25) is 0 Å². The standard InChI is InChI=1S/C15H21NS/c1-3-4-7-10-16-12(2)15-11-13-8-5-6-9-14(13)17-15/h1,11-12,16H,4-10H2,2H3. The molecule has 1 aromatic rings. The van der Waals surface area contributed by atoms with Crippen molar-refractivity contribution in [3.63, 3.8) is 0 Å². The zero-order chi connectivity index (χ0) is 12.1. The van der Waals surface area contributed by atoms with Gasteiger partial charge in [-0.3, -0.25) is 0 Å². The van der Waals surface area contributed by atoms with E-state index in [4.69, 9.17) is 6.42 Å². The fourth-order valence-electron chi connectivity index (χ4n) is 2.34. The van der Waals surface area contributed by atoms with E-state index in [2.05, 4.69) is 24.2 Å². The van der Waals surface area contributed by atoms with Gasteiger partial charge in [0.25, 0.3) is 0 Å². The third-order valence-electron chi connectivity index (χ3n) is 3.39. The number of hydrogen-bond acceptors (Lipinski definition) is 2. The first kappa shape index (κ1) is 12.7.